The highest BCUT2D eigenvalue weighted by atomic mass is 16.5. The van der Waals surface area contributed by atoms with E-state index in [0.29, 0.717) is 11.8 Å². The standard InChI is InChI=1S/C16H28N2O2/c1-12(2)13-17-16(8-4-5-9-16)14(19)18(13)11-15(3)7-6-10-20-15/h12-13,17H,4-11H2,1-3H3. The van der Waals surface area contributed by atoms with Crippen LogP contribution in [0.2, 0.25) is 0 Å². The third-order valence-electron chi connectivity index (χ3n) is 5.32. The van der Waals surface area contributed by atoms with Gasteiger partial charge in [-0.25, -0.2) is 0 Å². The first-order valence-corrected chi connectivity index (χ1v) is 8.19. The Hall–Kier alpha value is -0.610. The summed E-state index contributed by atoms with van der Waals surface area (Å²) in [6.07, 6.45) is 6.70. The van der Waals surface area contributed by atoms with Gasteiger partial charge in [-0.05, 0) is 38.5 Å². The van der Waals surface area contributed by atoms with Gasteiger partial charge in [0, 0.05) is 6.61 Å². The average Bonchev–Trinajstić information content (AvgIpc) is 3.08. The Morgan fingerprint density at radius 1 is 1.30 bits per heavy atom. The van der Waals surface area contributed by atoms with Crippen LogP contribution in [0.15, 0.2) is 0 Å². The average molecular weight is 280 g/mol. The number of hydrogen-bond donors (Lipinski definition) is 1. The zero-order valence-corrected chi connectivity index (χ0v) is 13.1. The minimum atomic E-state index is -0.260. The van der Waals surface area contributed by atoms with Crippen LogP contribution in [0.25, 0.3) is 0 Å². The van der Waals surface area contributed by atoms with Crippen molar-refractivity contribution in [3.05, 3.63) is 0 Å². The maximum atomic E-state index is 13.0. The fourth-order valence-electron chi connectivity index (χ4n) is 4.18. The third-order valence-corrected chi connectivity index (χ3v) is 5.32. The van der Waals surface area contributed by atoms with Crippen molar-refractivity contribution >= 4 is 5.91 Å². The van der Waals surface area contributed by atoms with Crippen LogP contribution < -0.4 is 5.32 Å². The molecule has 3 aliphatic rings. The van der Waals surface area contributed by atoms with Crippen molar-refractivity contribution in [1.82, 2.24) is 10.2 Å². The Morgan fingerprint density at radius 3 is 2.55 bits per heavy atom. The lowest BCUT2D eigenvalue weighted by molar-refractivity contribution is -0.137. The summed E-state index contributed by atoms with van der Waals surface area (Å²) in [5.41, 5.74) is -0.404. The van der Waals surface area contributed by atoms with Gasteiger partial charge in [0.1, 0.15) is 0 Å². The van der Waals surface area contributed by atoms with Crippen molar-refractivity contribution in [1.29, 1.82) is 0 Å². The topological polar surface area (TPSA) is 41.6 Å². The molecule has 3 fully saturated rings. The lowest BCUT2D eigenvalue weighted by atomic mass is 9.97. The van der Waals surface area contributed by atoms with Crippen LogP contribution in [-0.4, -0.2) is 41.3 Å². The van der Waals surface area contributed by atoms with Crippen LogP contribution in [0.1, 0.15) is 59.3 Å². The summed E-state index contributed by atoms with van der Waals surface area (Å²) in [5.74, 6) is 0.759. The predicted molar refractivity (Wildman–Crippen MR) is 78.3 cm³/mol. The third kappa shape index (κ3) is 2.27. The Kier molecular flexibility index (Phi) is 3.57. The summed E-state index contributed by atoms with van der Waals surface area (Å²) in [5, 5.41) is 3.68. The van der Waals surface area contributed by atoms with Crippen molar-refractivity contribution in [2.75, 3.05) is 13.2 Å². The first-order valence-electron chi connectivity index (χ1n) is 8.19. The zero-order chi connectivity index (χ0) is 14.4. The Balaban J connectivity index is 1.81. The summed E-state index contributed by atoms with van der Waals surface area (Å²) in [6.45, 7) is 8.13. The second kappa shape index (κ2) is 4.99. The van der Waals surface area contributed by atoms with E-state index in [1.807, 2.05) is 0 Å². The van der Waals surface area contributed by atoms with Gasteiger partial charge >= 0.3 is 0 Å². The second-order valence-electron chi connectivity index (χ2n) is 7.46. The van der Waals surface area contributed by atoms with E-state index in [9.17, 15) is 4.79 Å². The van der Waals surface area contributed by atoms with E-state index in [2.05, 4.69) is 31.0 Å². The molecule has 2 aliphatic heterocycles. The lowest BCUT2D eigenvalue weighted by Gasteiger charge is -2.34. The van der Waals surface area contributed by atoms with E-state index in [1.165, 1.54) is 12.8 Å². The monoisotopic (exact) mass is 280 g/mol. The van der Waals surface area contributed by atoms with E-state index in [0.717, 1.165) is 38.8 Å². The minimum absolute atomic E-state index is 0.144. The number of hydrogen-bond acceptors (Lipinski definition) is 3. The van der Waals surface area contributed by atoms with Crippen molar-refractivity contribution in [3.8, 4) is 0 Å². The van der Waals surface area contributed by atoms with Gasteiger partial charge in [0.05, 0.1) is 23.9 Å². The Morgan fingerprint density at radius 2 is 2.00 bits per heavy atom. The molecule has 1 spiro atoms. The lowest BCUT2D eigenvalue weighted by Crippen LogP contribution is -2.48. The highest BCUT2D eigenvalue weighted by molar-refractivity contribution is 5.89. The Bertz CT molecular complexity index is 382. The number of amides is 1. The van der Waals surface area contributed by atoms with Gasteiger partial charge in [0.25, 0.3) is 0 Å². The number of nitrogens with zero attached hydrogens (tertiary/aromatic N) is 1. The number of carbonyl (C=O) groups is 1. The first-order chi connectivity index (χ1) is 9.46. The molecule has 0 radical (unpaired) electrons. The van der Waals surface area contributed by atoms with Gasteiger partial charge < -0.3 is 9.64 Å². The maximum absolute atomic E-state index is 13.0. The summed E-state index contributed by atoms with van der Waals surface area (Å²) in [6, 6.07) is 0. The van der Waals surface area contributed by atoms with Crippen LogP contribution >= 0.6 is 0 Å². The molecule has 4 heteroatoms. The van der Waals surface area contributed by atoms with Crippen LogP contribution in [0.3, 0.4) is 0 Å². The summed E-state index contributed by atoms with van der Waals surface area (Å²) in [7, 11) is 0. The highest BCUT2D eigenvalue weighted by Gasteiger charge is 2.54. The van der Waals surface area contributed by atoms with Crippen molar-refractivity contribution in [2.45, 2.75) is 76.6 Å². The molecule has 2 unspecified atom stereocenters. The molecule has 0 aromatic rings. The minimum Gasteiger partial charge on any atom is -0.373 e. The van der Waals surface area contributed by atoms with Crippen molar-refractivity contribution in [3.63, 3.8) is 0 Å². The molecule has 2 heterocycles. The number of carbonyl (C=O) groups excluding carboxylic acids is 1. The van der Waals surface area contributed by atoms with E-state index in [-0.39, 0.29) is 17.3 Å². The molecule has 2 atom stereocenters. The molecular formula is C16H28N2O2. The molecular weight excluding hydrogens is 252 g/mol. The first kappa shape index (κ1) is 14.3. The number of rotatable bonds is 3. The van der Waals surface area contributed by atoms with E-state index in [1.54, 1.807) is 0 Å². The van der Waals surface area contributed by atoms with Crippen molar-refractivity contribution in [2.24, 2.45) is 5.92 Å². The second-order valence-corrected chi connectivity index (χ2v) is 7.46. The molecule has 2 saturated heterocycles. The van der Waals surface area contributed by atoms with Crippen LogP contribution in [0, 0.1) is 5.92 Å². The van der Waals surface area contributed by atoms with Gasteiger partial charge in [-0.1, -0.05) is 26.7 Å². The summed E-state index contributed by atoms with van der Waals surface area (Å²) in [4.78, 5) is 15.1. The predicted octanol–water partition coefficient (Wildman–Crippen LogP) is 2.28. The number of ether oxygens (including phenoxy) is 1. The van der Waals surface area contributed by atoms with Gasteiger partial charge in [0.15, 0.2) is 0 Å². The van der Waals surface area contributed by atoms with Crippen LogP contribution in [-0.2, 0) is 9.53 Å². The SMILES string of the molecule is CC(C)C1NC2(CCCC2)C(=O)N1CC1(C)CCCO1. The van der Waals surface area contributed by atoms with Crippen molar-refractivity contribution < 1.29 is 9.53 Å². The largest absolute Gasteiger partial charge is 0.373 e. The maximum Gasteiger partial charge on any atom is 0.244 e. The van der Waals surface area contributed by atoms with E-state index < -0.39 is 0 Å². The fraction of sp³-hybridized carbons (Fsp3) is 0.938. The van der Waals surface area contributed by atoms with Gasteiger partial charge in [-0.15, -0.1) is 0 Å². The van der Waals surface area contributed by atoms with Gasteiger partial charge in [-0.2, -0.15) is 0 Å². The zero-order valence-electron chi connectivity index (χ0n) is 13.1. The molecule has 1 amide bonds. The molecule has 1 N–H and O–H groups in total. The molecule has 0 aromatic carbocycles. The van der Waals surface area contributed by atoms with Crippen LogP contribution in [0.5, 0.6) is 0 Å². The molecule has 0 aromatic heterocycles. The quantitative estimate of drug-likeness (QED) is 0.862. The van der Waals surface area contributed by atoms with E-state index >= 15 is 0 Å². The number of nitrogens with one attached hydrogen (secondary N) is 1. The molecule has 20 heavy (non-hydrogen) atoms. The molecule has 4 nitrogen and oxygen atoms in total. The molecule has 1 saturated carbocycles. The van der Waals surface area contributed by atoms with Gasteiger partial charge in [-0.3, -0.25) is 10.1 Å². The smallest absolute Gasteiger partial charge is 0.244 e. The summed E-state index contributed by atoms with van der Waals surface area (Å²) >= 11 is 0. The van der Waals surface area contributed by atoms with Crippen LogP contribution in [0.4, 0.5) is 0 Å². The fourth-order valence-corrected chi connectivity index (χ4v) is 4.18. The molecule has 3 rings (SSSR count). The molecule has 0 bridgehead atoms. The highest BCUT2D eigenvalue weighted by Crippen LogP contribution is 2.39. The Labute approximate surface area is 122 Å². The van der Waals surface area contributed by atoms with E-state index in [4.69, 9.17) is 4.74 Å². The van der Waals surface area contributed by atoms with Gasteiger partial charge in [0.2, 0.25) is 5.91 Å². The molecule has 1 aliphatic carbocycles. The summed E-state index contributed by atoms with van der Waals surface area (Å²) < 4.78 is 5.91. The molecule has 114 valence electrons. The normalized spacial score (nSPS) is 36.7.